The van der Waals surface area contributed by atoms with Crippen molar-refractivity contribution >= 4 is 17.4 Å². The van der Waals surface area contributed by atoms with E-state index in [1.54, 1.807) is 6.07 Å². The number of aromatic nitrogens is 2. The summed E-state index contributed by atoms with van der Waals surface area (Å²) in [6, 6.07) is 7.79. The average Bonchev–Trinajstić information content (AvgIpc) is 2.64. The van der Waals surface area contributed by atoms with Crippen LogP contribution in [0.3, 0.4) is 0 Å². The number of nitrogens with one attached hydrogen (secondary N) is 1. The average molecular weight is 370 g/mol. The van der Waals surface area contributed by atoms with Crippen LogP contribution in [-0.2, 0) is 13.0 Å². The zero-order valence-corrected chi connectivity index (χ0v) is 14.5. The molecular formula is C19H16F2N4O2. The van der Waals surface area contributed by atoms with Gasteiger partial charge in [-0.2, -0.15) is 0 Å². The van der Waals surface area contributed by atoms with Crippen molar-refractivity contribution in [2.75, 3.05) is 11.9 Å². The van der Waals surface area contributed by atoms with E-state index in [4.69, 9.17) is 0 Å². The quantitative estimate of drug-likeness (QED) is 0.716. The molecule has 1 aliphatic rings. The molecule has 4 rings (SSSR count). The maximum Gasteiger partial charge on any atom is 0.322 e. The Labute approximate surface area is 153 Å². The molecule has 0 atom stereocenters. The fraction of sp³-hybridized carbons (Fsp3) is 0.211. The smallest absolute Gasteiger partial charge is 0.320 e. The van der Waals surface area contributed by atoms with Crippen LogP contribution in [0.15, 0.2) is 41.2 Å². The van der Waals surface area contributed by atoms with Crippen molar-refractivity contribution in [3.8, 4) is 0 Å². The van der Waals surface area contributed by atoms with Crippen LogP contribution >= 0.6 is 0 Å². The van der Waals surface area contributed by atoms with Crippen molar-refractivity contribution in [2.24, 2.45) is 0 Å². The van der Waals surface area contributed by atoms with E-state index in [1.807, 2.05) is 19.1 Å². The normalized spacial score (nSPS) is 13.5. The van der Waals surface area contributed by atoms with Gasteiger partial charge in [0.2, 0.25) is 0 Å². The van der Waals surface area contributed by atoms with Crippen LogP contribution in [0.1, 0.15) is 17.0 Å². The van der Waals surface area contributed by atoms with Gasteiger partial charge in [-0.15, -0.1) is 0 Å². The number of carbonyl (C=O) groups excluding carboxylic acids is 1. The summed E-state index contributed by atoms with van der Waals surface area (Å²) in [4.78, 5) is 31.3. The Bertz CT molecular complexity index is 1130. The number of carbonyl (C=O) groups is 1. The van der Waals surface area contributed by atoms with Crippen molar-refractivity contribution in [2.45, 2.75) is 19.9 Å². The van der Waals surface area contributed by atoms with Gasteiger partial charge in [0, 0.05) is 24.7 Å². The number of urea groups is 1. The van der Waals surface area contributed by atoms with E-state index in [0.717, 1.165) is 17.8 Å². The first-order valence-electron chi connectivity index (χ1n) is 8.45. The number of benzene rings is 1. The van der Waals surface area contributed by atoms with Crippen molar-refractivity contribution in [3.63, 3.8) is 0 Å². The number of amides is 2. The molecule has 1 aliphatic heterocycles. The number of anilines is 1. The van der Waals surface area contributed by atoms with E-state index in [1.165, 1.54) is 9.30 Å². The third-order valence-corrected chi connectivity index (χ3v) is 4.65. The highest BCUT2D eigenvalue weighted by Gasteiger charge is 2.25. The maximum absolute atomic E-state index is 13.8. The van der Waals surface area contributed by atoms with Gasteiger partial charge in [-0.05, 0) is 31.2 Å². The van der Waals surface area contributed by atoms with Crippen LogP contribution in [0.25, 0.3) is 5.65 Å². The second-order valence-electron chi connectivity index (χ2n) is 6.43. The first kappa shape index (κ1) is 17.1. The highest BCUT2D eigenvalue weighted by Crippen LogP contribution is 2.19. The lowest BCUT2D eigenvalue weighted by Gasteiger charge is -2.28. The number of hydrogen-bond acceptors (Lipinski definition) is 3. The number of nitrogens with zero attached hydrogens (tertiary/aromatic N) is 3. The Hall–Kier alpha value is -3.29. The SMILES string of the molecule is Cc1cccc2nc3c(c(=O)n12)CN(C(=O)Nc1ccc(F)cc1F)CC3. The third kappa shape index (κ3) is 3.03. The molecular weight excluding hydrogens is 354 g/mol. The van der Waals surface area contributed by atoms with Crippen LogP contribution in [0.2, 0.25) is 0 Å². The molecule has 0 bridgehead atoms. The summed E-state index contributed by atoms with van der Waals surface area (Å²) in [6.07, 6.45) is 0.425. The van der Waals surface area contributed by atoms with E-state index >= 15 is 0 Å². The second-order valence-corrected chi connectivity index (χ2v) is 6.43. The summed E-state index contributed by atoms with van der Waals surface area (Å²) >= 11 is 0. The lowest BCUT2D eigenvalue weighted by molar-refractivity contribution is 0.205. The van der Waals surface area contributed by atoms with E-state index in [-0.39, 0.29) is 17.8 Å². The summed E-state index contributed by atoms with van der Waals surface area (Å²) < 4.78 is 28.3. The lowest BCUT2D eigenvalue weighted by atomic mass is 10.1. The number of hydrogen-bond donors (Lipinski definition) is 1. The Kier molecular flexibility index (Phi) is 4.10. The summed E-state index contributed by atoms with van der Waals surface area (Å²) in [5, 5.41) is 2.42. The molecule has 2 amide bonds. The lowest BCUT2D eigenvalue weighted by Crippen LogP contribution is -2.42. The van der Waals surface area contributed by atoms with E-state index in [0.29, 0.717) is 35.9 Å². The van der Waals surface area contributed by atoms with Gasteiger partial charge in [-0.25, -0.2) is 18.6 Å². The third-order valence-electron chi connectivity index (χ3n) is 4.65. The van der Waals surface area contributed by atoms with Crippen molar-refractivity contribution < 1.29 is 13.6 Å². The summed E-state index contributed by atoms with van der Waals surface area (Å²) in [5.74, 6) is -1.58. The summed E-state index contributed by atoms with van der Waals surface area (Å²) in [5.41, 5.74) is 2.12. The van der Waals surface area contributed by atoms with Gasteiger partial charge in [-0.3, -0.25) is 9.20 Å². The Morgan fingerprint density at radius 2 is 2.04 bits per heavy atom. The number of rotatable bonds is 1. The minimum absolute atomic E-state index is 0.0765. The summed E-state index contributed by atoms with van der Waals surface area (Å²) in [6.45, 7) is 2.23. The summed E-state index contributed by atoms with van der Waals surface area (Å²) in [7, 11) is 0. The molecule has 8 heteroatoms. The Morgan fingerprint density at radius 3 is 2.81 bits per heavy atom. The first-order chi connectivity index (χ1) is 12.9. The van der Waals surface area contributed by atoms with E-state index in [9.17, 15) is 18.4 Å². The highest BCUT2D eigenvalue weighted by molar-refractivity contribution is 5.89. The number of aryl methyl sites for hydroxylation is 1. The van der Waals surface area contributed by atoms with Gasteiger partial charge >= 0.3 is 6.03 Å². The largest absolute Gasteiger partial charge is 0.322 e. The van der Waals surface area contributed by atoms with Gasteiger partial charge < -0.3 is 10.2 Å². The number of pyridine rings is 1. The molecule has 0 fully saturated rings. The maximum atomic E-state index is 13.8. The van der Waals surface area contributed by atoms with Crippen molar-refractivity contribution in [1.82, 2.24) is 14.3 Å². The van der Waals surface area contributed by atoms with Crippen LogP contribution < -0.4 is 10.9 Å². The molecule has 0 radical (unpaired) electrons. The molecule has 0 saturated heterocycles. The minimum Gasteiger partial charge on any atom is -0.320 e. The van der Waals surface area contributed by atoms with Gasteiger partial charge in [0.25, 0.3) is 5.56 Å². The molecule has 6 nitrogen and oxygen atoms in total. The first-order valence-corrected chi connectivity index (χ1v) is 8.45. The molecule has 138 valence electrons. The molecule has 3 heterocycles. The predicted molar refractivity (Wildman–Crippen MR) is 95.7 cm³/mol. The van der Waals surface area contributed by atoms with Gasteiger partial charge in [0.15, 0.2) is 0 Å². The molecule has 0 spiro atoms. The standard InChI is InChI=1S/C19H16F2N4O2/c1-11-3-2-4-17-22-15-7-8-24(10-13(15)18(26)25(11)17)19(27)23-16-6-5-12(20)9-14(16)21/h2-6,9H,7-8,10H2,1H3,(H,23,27). The highest BCUT2D eigenvalue weighted by atomic mass is 19.1. The van der Waals surface area contributed by atoms with Gasteiger partial charge in [-0.1, -0.05) is 6.07 Å². The van der Waals surface area contributed by atoms with Crippen LogP contribution in [-0.4, -0.2) is 26.9 Å². The molecule has 27 heavy (non-hydrogen) atoms. The van der Waals surface area contributed by atoms with E-state index < -0.39 is 17.7 Å². The Morgan fingerprint density at radius 1 is 1.22 bits per heavy atom. The van der Waals surface area contributed by atoms with Gasteiger partial charge in [0.1, 0.15) is 17.3 Å². The van der Waals surface area contributed by atoms with Crippen LogP contribution in [0.5, 0.6) is 0 Å². The topological polar surface area (TPSA) is 66.7 Å². The van der Waals surface area contributed by atoms with Crippen LogP contribution in [0, 0.1) is 18.6 Å². The predicted octanol–water partition coefficient (Wildman–Crippen LogP) is 2.87. The van der Waals surface area contributed by atoms with Crippen LogP contribution in [0.4, 0.5) is 19.3 Å². The Balaban J connectivity index is 1.63. The fourth-order valence-electron chi connectivity index (χ4n) is 3.25. The number of fused-ring (bicyclic) bond motifs is 2. The van der Waals surface area contributed by atoms with Crippen molar-refractivity contribution in [3.05, 3.63) is 75.3 Å². The van der Waals surface area contributed by atoms with Crippen molar-refractivity contribution in [1.29, 1.82) is 0 Å². The number of halogens is 2. The van der Waals surface area contributed by atoms with E-state index in [2.05, 4.69) is 10.3 Å². The van der Waals surface area contributed by atoms with Gasteiger partial charge in [0.05, 0.1) is 23.5 Å². The zero-order chi connectivity index (χ0) is 19.1. The fourth-order valence-corrected chi connectivity index (χ4v) is 3.25. The second kappa shape index (κ2) is 6.46. The molecule has 3 aromatic rings. The molecule has 0 unspecified atom stereocenters. The zero-order valence-electron chi connectivity index (χ0n) is 14.5. The molecule has 0 aliphatic carbocycles. The molecule has 1 N–H and O–H groups in total. The monoisotopic (exact) mass is 370 g/mol. The minimum atomic E-state index is -0.857. The molecule has 1 aromatic carbocycles. The molecule has 0 saturated carbocycles. The molecule has 2 aromatic heterocycles.